The van der Waals surface area contributed by atoms with Gasteiger partial charge in [0.25, 0.3) is 0 Å². The monoisotopic (exact) mass is 964 g/mol. The number of carbonyl (C=O) groups excluding carboxylic acids is 4. The standard InChI is InChI=1S/C55H64O15/c1-28(2)13-12-22-53(10)23-21-35-43(68-53)34(19-14-29(3)4)45-39(40(56)36-25-32-26-38-51(6,7)70-54(47(32)59,55(36,38)69-45)24-20-30(5)48(60)62-11)44(35)66-49(61)31-15-17-33(18-16-31)64-50-42(58)41(57)46-37(65-50)27-63-52(8,9)67-46/h13-18,20-21,23,25,32,37-38,41-42,46,50,57-58H,12,19,22,24,26-27H2,1-11H3/b30-20-/t32-,37-,38-,41-,42-,46-,50-,53?,54?,55?/m1/s1. The van der Waals surface area contributed by atoms with E-state index < -0.39 is 88.5 Å². The van der Waals surface area contributed by atoms with Gasteiger partial charge in [-0.2, -0.15) is 0 Å². The Morgan fingerprint density at radius 3 is 2.30 bits per heavy atom. The Hall–Kier alpha value is -5.42. The first-order chi connectivity index (χ1) is 32.9. The zero-order valence-electron chi connectivity index (χ0n) is 41.8. The molecule has 8 aliphatic rings. The SMILES string of the molecule is COC(=O)/C(C)=C\CC12OC(C)(C)[C@H]3C[C@@H](C=C4C(=O)c5c(OC(=O)c6ccc(O[C@@H]7O[C@@H]8COC(C)(C)O[C@H]8[C@H](O)[C@H]7O)cc6)c6c(c(CC=C(C)C)c5OC431)OC(C)(CCC=C(C)C)C=C6)C2=O. The van der Waals surface area contributed by atoms with Crippen LogP contribution < -0.4 is 18.9 Å². The zero-order valence-corrected chi connectivity index (χ0v) is 41.8. The molecule has 15 heteroatoms. The number of esters is 2. The van der Waals surface area contributed by atoms with E-state index >= 15 is 4.79 Å². The molecular formula is C55H64O15. The Morgan fingerprint density at radius 1 is 0.900 bits per heavy atom. The van der Waals surface area contributed by atoms with Crippen LogP contribution in [0.4, 0.5) is 0 Å². The van der Waals surface area contributed by atoms with Gasteiger partial charge in [0.1, 0.15) is 52.8 Å². The lowest BCUT2D eigenvalue weighted by molar-refractivity contribution is -0.373. The lowest BCUT2D eigenvalue weighted by Gasteiger charge is -2.56. The maximum absolute atomic E-state index is 15.8. The summed E-state index contributed by atoms with van der Waals surface area (Å²) in [6.45, 7) is 18.9. The van der Waals surface area contributed by atoms with E-state index in [0.717, 1.165) is 5.57 Å². The average molecular weight is 965 g/mol. The van der Waals surface area contributed by atoms with Crippen molar-refractivity contribution in [2.75, 3.05) is 13.7 Å². The molecule has 15 nitrogen and oxygen atoms in total. The lowest BCUT2D eigenvalue weighted by Crippen LogP contribution is -2.72. The minimum Gasteiger partial charge on any atom is -0.482 e. The summed E-state index contributed by atoms with van der Waals surface area (Å²) >= 11 is 0. The lowest BCUT2D eigenvalue weighted by atomic mass is 9.51. The second-order valence-electron chi connectivity index (χ2n) is 21.3. The van der Waals surface area contributed by atoms with E-state index in [2.05, 4.69) is 6.08 Å². The molecule has 4 bridgehead atoms. The van der Waals surface area contributed by atoms with Crippen molar-refractivity contribution in [1.82, 2.24) is 0 Å². The van der Waals surface area contributed by atoms with Gasteiger partial charge in [0, 0.05) is 35.0 Å². The summed E-state index contributed by atoms with van der Waals surface area (Å²) in [6, 6.07) is 5.95. The van der Waals surface area contributed by atoms with Crippen molar-refractivity contribution >= 4 is 29.6 Å². The number of rotatable bonds is 12. The summed E-state index contributed by atoms with van der Waals surface area (Å²) in [5.74, 6) is -3.60. The highest BCUT2D eigenvalue weighted by Crippen LogP contribution is 2.69. The molecule has 70 heavy (non-hydrogen) atoms. The maximum Gasteiger partial charge on any atom is 0.343 e. The van der Waals surface area contributed by atoms with Crippen LogP contribution in [0.25, 0.3) is 6.08 Å². The minimum atomic E-state index is -1.71. The molecule has 2 N–H and O–H groups in total. The number of ketones is 2. The van der Waals surface area contributed by atoms with E-state index in [9.17, 15) is 24.6 Å². The first kappa shape index (κ1) is 49.6. The Morgan fingerprint density at radius 2 is 1.61 bits per heavy atom. The smallest absolute Gasteiger partial charge is 0.343 e. The third-order valence-electron chi connectivity index (χ3n) is 14.8. The van der Waals surface area contributed by atoms with Gasteiger partial charge in [-0.05, 0) is 131 Å². The number of allylic oxidation sites excluding steroid dienone is 5. The van der Waals surface area contributed by atoms with Gasteiger partial charge < -0.3 is 52.8 Å². The molecule has 5 aliphatic heterocycles. The molecule has 3 unspecified atom stereocenters. The molecule has 374 valence electrons. The van der Waals surface area contributed by atoms with Crippen molar-refractivity contribution in [3.8, 4) is 23.0 Å². The van der Waals surface area contributed by atoms with Crippen LogP contribution in [0.2, 0.25) is 0 Å². The Kier molecular flexibility index (Phi) is 12.5. The number of Topliss-reactive ketones (excluding diaryl/α,β-unsaturated/α-hetero) is 2. The normalized spacial score (nSPS) is 32.7. The zero-order chi connectivity index (χ0) is 50.5. The Bertz CT molecular complexity index is 2680. The van der Waals surface area contributed by atoms with Gasteiger partial charge in [-0.25, -0.2) is 9.59 Å². The van der Waals surface area contributed by atoms with Crippen LogP contribution in [0.5, 0.6) is 23.0 Å². The fraction of sp³-hybridized carbons (Fsp3) is 0.527. The van der Waals surface area contributed by atoms with Crippen molar-refractivity contribution in [1.29, 1.82) is 0 Å². The van der Waals surface area contributed by atoms with Gasteiger partial charge in [0.05, 0.1) is 30.4 Å². The number of ether oxygens (including phenoxy) is 9. The molecule has 0 radical (unpaired) electrons. The molecule has 5 heterocycles. The van der Waals surface area contributed by atoms with E-state index in [4.69, 9.17) is 42.6 Å². The molecule has 1 spiro atoms. The van der Waals surface area contributed by atoms with Gasteiger partial charge in [-0.15, -0.1) is 0 Å². The van der Waals surface area contributed by atoms with E-state index in [1.165, 1.54) is 36.9 Å². The Labute approximate surface area is 408 Å². The van der Waals surface area contributed by atoms with Gasteiger partial charge in [0.2, 0.25) is 6.29 Å². The fourth-order valence-electron chi connectivity index (χ4n) is 11.3. The second-order valence-corrected chi connectivity index (χ2v) is 21.3. The van der Waals surface area contributed by atoms with Crippen LogP contribution in [0.15, 0.2) is 76.9 Å². The average Bonchev–Trinajstić information content (AvgIpc) is 3.46. The van der Waals surface area contributed by atoms with Crippen LogP contribution in [-0.2, 0) is 39.7 Å². The molecule has 0 aromatic heterocycles. The molecule has 2 aromatic carbocycles. The number of methoxy groups -OCH3 is 1. The van der Waals surface area contributed by atoms with Crippen molar-refractivity contribution in [3.05, 3.63) is 99.2 Å². The van der Waals surface area contributed by atoms with E-state index in [1.807, 2.05) is 66.7 Å². The number of hydrogen-bond donors (Lipinski definition) is 2. The van der Waals surface area contributed by atoms with Crippen molar-refractivity contribution in [2.24, 2.45) is 11.8 Å². The molecule has 0 amide bonds. The molecule has 3 aliphatic carbocycles. The topological polar surface area (TPSA) is 192 Å². The van der Waals surface area contributed by atoms with Crippen LogP contribution in [0.3, 0.4) is 0 Å². The summed E-state index contributed by atoms with van der Waals surface area (Å²) < 4.78 is 56.4. The first-order valence-corrected chi connectivity index (χ1v) is 24.1. The molecule has 3 saturated heterocycles. The maximum atomic E-state index is 15.8. The third kappa shape index (κ3) is 8.16. The summed E-state index contributed by atoms with van der Waals surface area (Å²) in [5, 5.41) is 21.9. The Balaban J connectivity index is 1.14. The molecule has 1 saturated carbocycles. The third-order valence-corrected chi connectivity index (χ3v) is 14.8. The van der Waals surface area contributed by atoms with Crippen LogP contribution >= 0.6 is 0 Å². The minimum absolute atomic E-state index is 0.00970. The highest BCUT2D eigenvalue weighted by atomic mass is 16.8. The number of aliphatic hydroxyl groups is 2. The van der Waals surface area contributed by atoms with E-state index in [0.29, 0.717) is 36.1 Å². The first-order valence-electron chi connectivity index (χ1n) is 24.1. The van der Waals surface area contributed by atoms with Crippen LogP contribution in [0, 0.1) is 11.8 Å². The molecular weight excluding hydrogens is 901 g/mol. The van der Waals surface area contributed by atoms with Crippen molar-refractivity contribution in [2.45, 2.75) is 160 Å². The summed E-state index contributed by atoms with van der Waals surface area (Å²) in [4.78, 5) is 57.9. The fourth-order valence-corrected chi connectivity index (χ4v) is 11.3. The number of hydrogen-bond acceptors (Lipinski definition) is 15. The highest BCUT2D eigenvalue weighted by Gasteiger charge is 2.81. The molecule has 10 atom stereocenters. The summed E-state index contributed by atoms with van der Waals surface area (Å²) in [7, 11) is 1.28. The number of benzene rings is 2. The van der Waals surface area contributed by atoms with Crippen molar-refractivity contribution < 1.29 is 72.0 Å². The largest absolute Gasteiger partial charge is 0.482 e. The van der Waals surface area contributed by atoms with Gasteiger partial charge in [-0.1, -0.05) is 35.5 Å². The molecule has 10 rings (SSSR count). The second kappa shape index (κ2) is 17.7. The van der Waals surface area contributed by atoms with E-state index in [-0.39, 0.29) is 64.8 Å². The van der Waals surface area contributed by atoms with Crippen molar-refractivity contribution in [3.63, 3.8) is 0 Å². The predicted molar refractivity (Wildman–Crippen MR) is 255 cm³/mol. The van der Waals surface area contributed by atoms with Crippen LogP contribution in [-0.4, -0.2) is 106 Å². The molecule has 4 fully saturated rings. The summed E-state index contributed by atoms with van der Waals surface area (Å²) in [6.07, 6.45) is 7.47. The highest BCUT2D eigenvalue weighted by molar-refractivity contribution is 6.19. The van der Waals surface area contributed by atoms with Gasteiger partial charge >= 0.3 is 11.9 Å². The summed E-state index contributed by atoms with van der Waals surface area (Å²) in [5.41, 5.74) is -1.46. The predicted octanol–water partition coefficient (Wildman–Crippen LogP) is 7.82. The van der Waals surface area contributed by atoms with Gasteiger partial charge in [-0.3, -0.25) is 9.59 Å². The van der Waals surface area contributed by atoms with Gasteiger partial charge in [0.15, 0.2) is 34.3 Å². The molecule has 2 aromatic rings. The van der Waals surface area contributed by atoms with E-state index in [1.54, 1.807) is 32.9 Å². The number of fused-ring (bicyclic) bond motifs is 3. The van der Waals surface area contributed by atoms with Crippen LogP contribution in [0.1, 0.15) is 127 Å². The quantitative estimate of drug-likeness (QED) is 0.0905. The number of aliphatic hydroxyl groups excluding tert-OH is 2. The number of carbonyl (C=O) groups is 4.